The predicted octanol–water partition coefficient (Wildman–Crippen LogP) is 4.42. The number of fused-ring (bicyclic) bond motifs is 1. The molecule has 0 radical (unpaired) electrons. The van der Waals surface area contributed by atoms with Crippen LogP contribution in [0.5, 0.6) is 0 Å². The largest absolute Gasteiger partial charge is 0.379 e. The lowest BCUT2D eigenvalue weighted by atomic mass is 10.2. The number of morpholine rings is 1. The quantitative estimate of drug-likeness (QED) is 0.467. The van der Waals surface area contributed by atoms with Gasteiger partial charge in [0.25, 0.3) is 5.91 Å². The van der Waals surface area contributed by atoms with Gasteiger partial charge in [0, 0.05) is 35.6 Å². The van der Waals surface area contributed by atoms with Gasteiger partial charge in [-0.3, -0.25) is 15.0 Å². The fourth-order valence-corrected chi connectivity index (χ4v) is 4.46. The predicted molar refractivity (Wildman–Crippen MR) is 123 cm³/mol. The van der Waals surface area contributed by atoms with E-state index in [1.807, 2.05) is 41.8 Å². The highest BCUT2D eigenvalue weighted by Gasteiger charge is 2.17. The smallest absolute Gasteiger partial charge is 0.259 e. The van der Waals surface area contributed by atoms with Crippen LogP contribution in [-0.4, -0.2) is 52.1 Å². The number of aromatic amines is 1. The Kier molecular flexibility index (Phi) is 5.69. The summed E-state index contributed by atoms with van der Waals surface area (Å²) in [5.74, 6) is 0.432. The zero-order valence-corrected chi connectivity index (χ0v) is 18.2. The van der Waals surface area contributed by atoms with Crippen LogP contribution in [0.15, 0.2) is 47.8 Å². The summed E-state index contributed by atoms with van der Waals surface area (Å²) in [6.45, 7) is 4.05. The first-order valence-electron chi connectivity index (χ1n) is 9.96. The molecule has 2 N–H and O–H groups in total. The van der Waals surface area contributed by atoms with Crippen LogP contribution in [0, 0.1) is 0 Å². The molecular weight excluding hydrogens is 434 g/mol. The molecular formula is C22H20ClN5O2S. The number of imidazole rings is 1. The molecule has 1 aliphatic rings. The third kappa shape index (κ3) is 4.47. The summed E-state index contributed by atoms with van der Waals surface area (Å²) in [5.41, 5.74) is 3.70. The molecule has 0 unspecified atom stereocenters. The Morgan fingerprint density at radius 3 is 2.87 bits per heavy atom. The number of thiazole rings is 1. The van der Waals surface area contributed by atoms with Crippen molar-refractivity contribution in [2.75, 3.05) is 31.6 Å². The third-order valence-corrected chi connectivity index (χ3v) is 6.16. The van der Waals surface area contributed by atoms with Crippen LogP contribution in [0.3, 0.4) is 0 Å². The molecule has 0 saturated carbocycles. The first-order valence-corrected chi connectivity index (χ1v) is 11.2. The third-order valence-electron chi connectivity index (χ3n) is 5.12. The van der Waals surface area contributed by atoms with E-state index in [1.54, 1.807) is 6.07 Å². The zero-order valence-electron chi connectivity index (χ0n) is 16.6. The summed E-state index contributed by atoms with van der Waals surface area (Å²) in [7, 11) is 0. The Balaban J connectivity index is 1.35. The number of nitrogens with one attached hydrogen (secondary N) is 2. The van der Waals surface area contributed by atoms with E-state index in [0.717, 1.165) is 49.6 Å². The molecule has 9 heteroatoms. The second kappa shape index (κ2) is 8.76. The maximum absolute atomic E-state index is 13.0. The van der Waals surface area contributed by atoms with Crippen molar-refractivity contribution in [2.24, 2.45) is 0 Å². The number of benzene rings is 2. The van der Waals surface area contributed by atoms with Crippen molar-refractivity contribution in [1.82, 2.24) is 19.9 Å². The van der Waals surface area contributed by atoms with Crippen molar-refractivity contribution >= 4 is 45.0 Å². The Morgan fingerprint density at radius 1 is 1.19 bits per heavy atom. The summed E-state index contributed by atoms with van der Waals surface area (Å²) in [4.78, 5) is 27.8. The van der Waals surface area contributed by atoms with Crippen LogP contribution in [-0.2, 0) is 11.3 Å². The van der Waals surface area contributed by atoms with Gasteiger partial charge in [-0.25, -0.2) is 9.97 Å². The Hall–Kier alpha value is -2.78. The molecule has 1 aliphatic heterocycles. The van der Waals surface area contributed by atoms with Crippen molar-refractivity contribution < 1.29 is 9.53 Å². The molecule has 0 bridgehead atoms. The normalized spacial score (nSPS) is 14.7. The molecule has 7 nitrogen and oxygen atoms in total. The molecule has 0 atom stereocenters. The standard InChI is InChI=1S/C22H20ClN5O2S/c23-15-4-1-3-14(11-15)20-25-18-6-2-5-17(19(18)26-20)21(29)27-22-24-16(13-31-22)12-28-7-9-30-10-8-28/h1-6,11,13H,7-10,12H2,(H,25,26)(H,24,27,29). The van der Waals surface area contributed by atoms with Gasteiger partial charge in [0.1, 0.15) is 11.3 Å². The number of nitrogens with zero attached hydrogens (tertiary/aromatic N) is 3. The first kappa shape index (κ1) is 20.1. The van der Waals surface area contributed by atoms with Crippen LogP contribution < -0.4 is 5.32 Å². The number of amides is 1. The molecule has 4 aromatic rings. The fraction of sp³-hybridized carbons (Fsp3) is 0.227. The minimum atomic E-state index is -0.234. The summed E-state index contributed by atoms with van der Waals surface area (Å²) in [6.07, 6.45) is 0. The molecule has 0 spiro atoms. The van der Waals surface area contributed by atoms with Crippen molar-refractivity contribution in [2.45, 2.75) is 6.54 Å². The lowest BCUT2D eigenvalue weighted by Gasteiger charge is -2.25. The van der Waals surface area contributed by atoms with Gasteiger partial charge in [0.2, 0.25) is 0 Å². The molecule has 3 heterocycles. The van der Waals surface area contributed by atoms with Crippen LogP contribution >= 0.6 is 22.9 Å². The maximum atomic E-state index is 13.0. The van der Waals surface area contributed by atoms with E-state index in [9.17, 15) is 4.79 Å². The summed E-state index contributed by atoms with van der Waals surface area (Å²) >= 11 is 7.53. The SMILES string of the molecule is O=C(Nc1nc(CN2CCOCC2)cs1)c1cccc2[nH]c(-c3cccc(Cl)c3)nc12. The van der Waals surface area contributed by atoms with Crippen LogP contribution in [0.25, 0.3) is 22.4 Å². The summed E-state index contributed by atoms with van der Waals surface area (Å²) < 4.78 is 5.38. The number of hydrogen-bond acceptors (Lipinski definition) is 6. The number of halogens is 1. The minimum Gasteiger partial charge on any atom is -0.379 e. The molecule has 31 heavy (non-hydrogen) atoms. The molecule has 2 aromatic carbocycles. The van der Waals surface area contributed by atoms with Crippen LogP contribution in [0.1, 0.15) is 16.1 Å². The van der Waals surface area contributed by atoms with E-state index in [1.165, 1.54) is 11.3 Å². The van der Waals surface area contributed by atoms with Crippen molar-refractivity contribution in [1.29, 1.82) is 0 Å². The van der Waals surface area contributed by atoms with E-state index < -0.39 is 0 Å². The van der Waals surface area contributed by atoms with Gasteiger partial charge in [-0.1, -0.05) is 29.8 Å². The Labute approximate surface area is 188 Å². The monoisotopic (exact) mass is 453 g/mol. The van der Waals surface area contributed by atoms with E-state index in [2.05, 4.69) is 25.2 Å². The maximum Gasteiger partial charge on any atom is 0.259 e. The van der Waals surface area contributed by atoms with Gasteiger partial charge in [-0.2, -0.15) is 0 Å². The van der Waals surface area contributed by atoms with E-state index in [4.69, 9.17) is 16.3 Å². The zero-order chi connectivity index (χ0) is 21.2. The lowest BCUT2D eigenvalue weighted by molar-refractivity contribution is 0.0337. The number of ether oxygens (including phenoxy) is 1. The minimum absolute atomic E-state index is 0.234. The van der Waals surface area contributed by atoms with E-state index in [-0.39, 0.29) is 5.91 Å². The van der Waals surface area contributed by atoms with Gasteiger partial charge in [-0.05, 0) is 24.3 Å². The molecule has 2 aromatic heterocycles. The average Bonchev–Trinajstić information content (AvgIpc) is 3.41. The average molecular weight is 454 g/mol. The molecule has 1 amide bonds. The lowest BCUT2D eigenvalue weighted by Crippen LogP contribution is -2.35. The van der Waals surface area contributed by atoms with E-state index >= 15 is 0 Å². The summed E-state index contributed by atoms with van der Waals surface area (Å²) in [5, 5.41) is 6.11. The number of anilines is 1. The van der Waals surface area contributed by atoms with E-state index in [0.29, 0.717) is 27.1 Å². The van der Waals surface area contributed by atoms with Gasteiger partial charge in [0.05, 0.1) is 30.0 Å². The molecule has 1 saturated heterocycles. The van der Waals surface area contributed by atoms with Crippen molar-refractivity contribution in [3.63, 3.8) is 0 Å². The first-order chi connectivity index (χ1) is 15.2. The van der Waals surface area contributed by atoms with Gasteiger partial charge < -0.3 is 9.72 Å². The highest BCUT2D eigenvalue weighted by atomic mass is 35.5. The number of para-hydroxylation sites is 1. The van der Waals surface area contributed by atoms with Crippen LogP contribution in [0.2, 0.25) is 5.02 Å². The summed E-state index contributed by atoms with van der Waals surface area (Å²) in [6, 6.07) is 12.9. The van der Waals surface area contributed by atoms with Gasteiger partial charge >= 0.3 is 0 Å². The Bertz CT molecular complexity index is 1230. The fourth-order valence-electron chi connectivity index (χ4n) is 3.58. The number of H-pyrrole nitrogens is 1. The molecule has 1 fully saturated rings. The second-order valence-corrected chi connectivity index (χ2v) is 8.58. The number of rotatable bonds is 5. The van der Waals surface area contributed by atoms with Crippen molar-refractivity contribution in [3.8, 4) is 11.4 Å². The highest BCUT2D eigenvalue weighted by molar-refractivity contribution is 7.14. The molecule has 158 valence electrons. The van der Waals surface area contributed by atoms with Gasteiger partial charge in [-0.15, -0.1) is 11.3 Å². The molecule has 0 aliphatic carbocycles. The second-order valence-electron chi connectivity index (χ2n) is 7.28. The van der Waals surface area contributed by atoms with Crippen molar-refractivity contribution in [3.05, 3.63) is 64.1 Å². The number of hydrogen-bond donors (Lipinski definition) is 2. The number of carbonyl (C=O) groups is 1. The Morgan fingerprint density at radius 2 is 2.03 bits per heavy atom. The van der Waals surface area contributed by atoms with Crippen LogP contribution in [0.4, 0.5) is 5.13 Å². The highest BCUT2D eigenvalue weighted by Crippen LogP contribution is 2.26. The molecule has 5 rings (SSSR count). The number of aromatic nitrogens is 3. The van der Waals surface area contributed by atoms with Gasteiger partial charge in [0.15, 0.2) is 5.13 Å². The topological polar surface area (TPSA) is 83.1 Å². The number of carbonyl (C=O) groups excluding carboxylic acids is 1.